The van der Waals surface area contributed by atoms with Gasteiger partial charge in [-0.25, -0.2) is 8.42 Å². The fourth-order valence-electron chi connectivity index (χ4n) is 1.79. The summed E-state index contributed by atoms with van der Waals surface area (Å²) in [6.45, 7) is 0. The molecule has 0 N–H and O–H groups in total. The monoisotopic (exact) mass is 480 g/mol. The Balaban J connectivity index is 2.48. The third-order valence-corrected chi connectivity index (χ3v) is 6.16. The predicted octanol–water partition coefficient (Wildman–Crippen LogP) is 5.10. The predicted molar refractivity (Wildman–Crippen MR) is 92.2 cm³/mol. The molecule has 2 nitrogen and oxygen atoms in total. The lowest BCUT2D eigenvalue weighted by Gasteiger charge is -2.14. The van der Waals surface area contributed by atoms with E-state index in [2.05, 4.69) is 47.8 Å². The molecular weight excluding hydrogens is 472 g/mol. The van der Waals surface area contributed by atoms with E-state index in [1.165, 1.54) is 6.26 Å². The van der Waals surface area contributed by atoms with Gasteiger partial charge in [0.15, 0.2) is 9.84 Å². The number of sulfone groups is 1. The van der Waals surface area contributed by atoms with Gasteiger partial charge in [-0.15, -0.1) is 0 Å². The molecule has 0 heterocycles. The van der Waals surface area contributed by atoms with Gasteiger partial charge in [0.05, 0.1) is 9.72 Å². The molecule has 0 aliphatic heterocycles. The van der Waals surface area contributed by atoms with Gasteiger partial charge in [0, 0.05) is 15.2 Å². The summed E-state index contributed by atoms with van der Waals surface area (Å²) in [6, 6.07) is 12.9. The first-order chi connectivity index (χ1) is 9.29. The molecule has 0 saturated heterocycles. The number of hydrogen-bond donors (Lipinski definition) is 0. The van der Waals surface area contributed by atoms with Crippen molar-refractivity contribution < 1.29 is 8.42 Å². The zero-order valence-corrected chi connectivity index (χ0v) is 16.1. The normalized spacial score (nSPS) is 13.2. The van der Waals surface area contributed by atoms with Gasteiger partial charge in [0.1, 0.15) is 0 Å². The molecule has 1 atom stereocenters. The van der Waals surface area contributed by atoms with Crippen LogP contribution >= 0.6 is 47.8 Å². The molecule has 6 heteroatoms. The van der Waals surface area contributed by atoms with Crippen molar-refractivity contribution in [2.75, 3.05) is 6.26 Å². The highest BCUT2D eigenvalue weighted by Crippen LogP contribution is 2.37. The Morgan fingerprint density at radius 2 is 1.75 bits per heavy atom. The molecule has 0 saturated carbocycles. The molecule has 2 rings (SSSR count). The molecule has 2 aromatic rings. The smallest absolute Gasteiger partial charge is 0.175 e. The Labute approximate surface area is 143 Å². The van der Waals surface area contributed by atoms with Crippen LogP contribution in [0.5, 0.6) is 0 Å². The fraction of sp³-hybridized carbons (Fsp3) is 0.143. The van der Waals surface area contributed by atoms with Crippen molar-refractivity contribution in [3.05, 3.63) is 62.5 Å². The van der Waals surface area contributed by atoms with Crippen molar-refractivity contribution in [3.63, 3.8) is 0 Å². The summed E-state index contributed by atoms with van der Waals surface area (Å²) in [7, 11) is -3.20. The molecule has 0 fully saturated rings. The average Bonchev–Trinajstić information content (AvgIpc) is 2.40. The maximum atomic E-state index is 11.6. The molecule has 20 heavy (non-hydrogen) atoms. The van der Waals surface area contributed by atoms with Crippen molar-refractivity contribution in [2.45, 2.75) is 9.72 Å². The molecule has 2 aromatic carbocycles. The highest BCUT2D eigenvalue weighted by Gasteiger charge is 2.16. The topological polar surface area (TPSA) is 34.1 Å². The first kappa shape index (κ1) is 16.2. The van der Waals surface area contributed by atoms with E-state index >= 15 is 0 Å². The minimum Gasteiger partial charge on any atom is -0.224 e. The van der Waals surface area contributed by atoms with Gasteiger partial charge >= 0.3 is 0 Å². The van der Waals surface area contributed by atoms with E-state index in [0.29, 0.717) is 4.90 Å². The van der Waals surface area contributed by atoms with Crippen molar-refractivity contribution in [1.82, 2.24) is 0 Å². The van der Waals surface area contributed by atoms with Gasteiger partial charge < -0.3 is 0 Å². The summed E-state index contributed by atoms with van der Waals surface area (Å²) in [4.78, 5) is 0.238. The Hall–Kier alpha value is -0.170. The second-order valence-electron chi connectivity index (χ2n) is 4.37. The zero-order chi connectivity index (χ0) is 14.9. The summed E-state index contributed by atoms with van der Waals surface area (Å²) >= 11 is 10.6. The first-order valence-corrected chi connectivity index (χ1v) is 10.1. The van der Waals surface area contributed by atoms with Crippen LogP contribution in [0.2, 0.25) is 0 Å². The second-order valence-corrected chi connectivity index (χ2v) is 9.07. The van der Waals surface area contributed by atoms with E-state index in [0.717, 1.165) is 20.1 Å². The number of halogens is 3. The Morgan fingerprint density at radius 3 is 2.40 bits per heavy atom. The van der Waals surface area contributed by atoms with Crippen molar-refractivity contribution in [1.29, 1.82) is 0 Å². The summed E-state index contributed by atoms with van der Waals surface area (Å²) in [5.74, 6) is 0. The Kier molecular flexibility index (Phi) is 5.10. The number of rotatable bonds is 3. The van der Waals surface area contributed by atoms with Crippen LogP contribution in [0.25, 0.3) is 0 Å². The molecular formula is C14H11Br3O2S. The van der Waals surface area contributed by atoms with Crippen LogP contribution in [0, 0.1) is 0 Å². The molecule has 0 amide bonds. The van der Waals surface area contributed by atoms with Crippen LogP contribution in [0.1, 0.15) is 16.0 Å². The molecule has 0 spiro atoms. The number of hydrogen-bond acceptors (Lipinski definition) is 2. The molecule has 0 aromatic heterocycles. The minimum absolute atomic E-state index is 0.0870. The quantitative estimate of drug-likeness (QED) is 0.570. The SMILES string of the molecule is CS(=O)(=O)c1cccc(C(Br)c2cc(Br)ccc2Br)c1. The van der Waals surface area contributed by atoms with Gasteiger partial charge in [0.2, 0.25) is 0 Å². The second kappa shape index (κ2) is 6.30. The lowest BCUT2D eigenvalue weighted by Crippen LogP contribution is -2.00. The van der Waals surface area contributed by atoms with Crippen LogP contribution in [0.4, 0.5) is 0 Å². The van der Waals surface area contributed by atoms with Crippen LogP contribution < -0.4 is 0 Å². The largest absolute Gasteiger partial charge is 0.224 e. The van der Waals surface area contributed by atoms with Crippen LogP contribution in [-0.4, -0.2) is 14.7 Å². The summed E-state index contributed by atoms with van der Waals surface area (Å²) < 4.78 is 25.2. The maximum absolute atomic E-state index is 11.6. The van der Waals surface area contributed by atoms with Crippen LogP contribution in [-0.2, 0) is 9.84 Å². The third-order valence-electron chi connectivity index (χ3n) is 2.81. The van der Waals surface area contributed by atoms with Gasteiger partial charge in [-0.3, -0.25) is 0 Å². The molecule has 0 aliphatic rings. The summed E-state index contributed by atoms with van der Waals surface area (Å²) in [5, 5.41) is 0. The van der Waals surface area contributed by atoms with Crippen molar-refractivity contribution in [3.8, 4) is 0 Å². The van der Waals surface area contributed by atoms with Gasteiger partial charge in [-0.2, -0.15) is 0 Å². The Bertz CT molecular complexity index is 742. The van der Waals surface area contributed by atoms with E-state index in [9.17, 15) is 8.42 Å². The molecule has 0 aliphatic carbocycles. The van der Waals surface area contributed by atoms with Gasteiger partial charge in [0.25, 0.3) is 0 Å². The van der Waals surface area contributed by atoms with E-state index < -0.39 is 9.84 Å². The Morgan fingerprint density at radius 1 is 1.05 bits per heavy atom. The average molecular weight is 483 g/mol. The van der Waals surface area contributed by atoms with Crippen molar-refractivity contribution >= 4 is 57.6 Å². The van der Waals surface area contributed by atoms with Crippen molar-refractivity contribution in [2.24, 2.45) is 0 Å². The zero-order valence-electron chi connectivity index (χ0n) is 10.5. The van der Waals surface area contributed by atoms with Gasteiger partial charge in [-0.05, 0) is 41.5 Å². The standard InChI is InChI=1S/C14H11Br3O2S/c1-20(18,19)11-4-2-3-9(7-11)14(17)12-8-10(15)5-6-13(12)16/h2-8,14H,1H3. The molecule has 0 radical (unpaired) electrons. The molecule has 1 unspecified atom stereocenters. The van der Waals surface area contributed by atoms with Gasteiger partial charge in [-0.1, -0.05) is 59.9 Å². The van der Waals surface area contributed by atoms with E-state index in [1.54, 1.807) is 18.2 Å². The highest BCUT2D eigenvalue weighted by atomic mass is 79.9. The minimum atomic E-state index is -3.20. The van der Waals surface area contributed by atoms with Crippen LogP contribution in [0.3, 0.4) is 0 Å². The van der Waals surface area contributed by atoms with Crippen LogP contribution in [0.15, 0.2) is 56.3 Å². The molecule has 0 bridgehead atoms. The highest BCUT2D eigenvalue weighted by molar-refractivity contribution is 9.11. The first-order valence-electron chi connectivity index (χ1n) is 5.68. The number of alkyl halides is 1. The summed E-state index contributed by atoms with van der Waals surface area (Å²) in [6.07, 6.45) is 1.21. The lowest BCUT2D eigenvalue weighted by atomic mass is 10.1. The maximum Gasteiger partial charge on any atom is 0.175 e. The number of benzene rings is 2. The van der Waals surface area contributed by atoms with E-state index in [4.69, 9.17) is 0 Å². The van der Waals surface area contributed by atoms with E-state index in [1.807, 2.05) is 24.3 Å². The fourth-order valence-corrected chi connectivity index (χ4v) is 4.29. The third kappa shape index (κ3) is 3.72. The lowest BCUT2D eigenvalue weighted by molar-refractivity contribution is 0.602. The summed E-state index contributed by atoms with van der Waals surface area (Å²) in [5.41, 5.74) is 1.93. The molecule has 106 valence electrons. The van der Waals surface area contributed by atoms with E-state index in [-0.39, 0.29) is 4.83 Å².